The molecule has 0 unspecified atom stereocenters. The number of benzene rings is 2. The second kappa shape index (κ2) is 8.24. The van der Waals surface area contributed by atoms with Crippen molar-refractivity contribution in [2.24, 2.45) is 0 Å². The average molecular weight is 321 g/mol. The van der Waals surface area contributed by atoms with Crippen LogP contribution in [0, 0.1) is 0 Å². The van der Waals surface area contributed by atoms with E-state index in [4.69, 9.17) is 10.2 Å². The third kappa shape index (κ3) is 5.06. The van der Waals surface area contributed by atoms with Crippen molar-refractivity contribution >= 4 is 33.7 Å². The molecule has 0 saturated carbocycles. The summed E-state index contributed by atoms with van der Waals surface area (Å²) in [5, 5.41) is 18.4. The predicted octanol–water partition coefficient (Wildman–Crippen LogP) is 3.66. The highest BCUT2D eigenvalue weighted by molar-refractivity contribution is 5.92. The lowest BCUT2D eigenvalue weighted by molar-refractivity contribution is -0.132. The van der Waals surface area contributed by atoms with E-state index in [1.807, 2.05) is 36.4 Å². The topological polar surface area (TPSA) is 87.5 Å². The summed E-state index contributed by atoms with van der Waals surface area (Å²) in [6, 6.07) is 18.6. The fraction of sp³-hybridized carbons (Fsp3) is 0. The number of allylic oxidation sites excluding steroid dienone is 2. The molecule has 2 aromatic carbocycles. The van der Waals surface area contributed by atoms with Crippen LogP contribution in [0.3, 0.4) is 0 Å². The van der Waals surface area contributed by atoms with E-state index < -0.39 is 11.9 Å². The fourth-order valence-electron chi connectivity index (χ4n) is 2.00. The maximum Gasteiger partial charge on any atom is 0.328 e. The molecule has 0 radical (unpaired) electrons. The summed E-state index contributed by atoms with van der Waals surface area (Å²) in [6.07, 6.45) is 3.96. The molecule has 120 valence electrons. The number of fused-ring (bicyclic) bond motifs is 2. The normalized spacial score (nSPS) is 10.8. The van der Waals surface area contributed by atoms with E-state index >= 15 is 0 Å². The lowest BCUT2D eigenvalue weighted by Gasteiger charge is -1.99. The predicted molar refractivity (Wildman–Crippen MR) is 92.8 cm³/mol. The largest absolute Gasteiger partial charge is 0.478 e. The Labute approximate surface area is 138 Å². The second-order valence-electron chi connectivity index (χ2n) is 4.77. The molecule has 24 heavy (non-hydrogen) atoms. The summed E-state index contributed by atoms with van der Waals surface area (Å²) in [7, 11) is 0. The molecule has 3 aromatic rings. The molecular weight excluding hydrogens is 306 g/mol. The standard InChI is InChI=1S/C13H9N.C6H6O4/c1-3-7-12-10(5-1)9-11-6-2-4-8-13(11)14-12;7-5(8)3-1-2-4-6(9)10/h1-9H;1-4H,(H,7,8)(H,9,10). The van der Waals surface area contributed by atoms with Crippen molar-refractivity contribution in [2.45, 2.75) is 0 Å². The molecule has 0 amide bonds. The van der Waals surface area contributed by atoms with Gasteiger partial charge in [-0.15, -0.1) is 0 Å². The van der Waals surface area contributed by atoms with Gasteiger partial charge in [0.2, 0.25) is 0 Å². The highest BCUT2D eigenvalue weighted by Gasteiger charge is 1.96. The Balaban J connectivity index is 0.000000187. The van der Waals surface area contributed by atoms with Crippen LogP contribution in [0.15, 0.2) is 78.9 Å². The number of pyridine rings is 1. The summed E-state index contributed by atoms with van der Waals surface area (Å²) in [4.78, 5) is 24.1. The van der Waals surface area contributed by atoms with Crippen LogP contribution in [-0.4, -0.2) is 27.1 Å². The van der Waals surface area contributed by atoms with Crippen LogP contribution < -0.4 is 0 Å². The molecule has 3 rings (SSSR count). The van der Waals surface area contributed by atoms with Gasteiger partial charge in [0.05, 0.1) is 11.0 Å². The molecule has 0 aliphatic rings. The first-order chi connectivity index (χ1) is 11.6. The van der Waals surface area contributed by atoms with Crippen molar-refractivity contribution in [2.75, 3.05) is 0 Å². The smallest absolute Gasteiger partial charge is 0.328 e. The number of hydrogen-bond donors (Lipinski definition) is 2. The van der Waals surface area contributed by atoms with Gasteiger partial charge in [0.15, 0.2) is 0 Å². The average Bonchev–Trinajstić information content (AvgIpc) is 2.57. The number of carboxylic acid groups (broad SMARTS) is 2. The number of aromatic nitrogens is 1. The third-order valence-electron chi connectivity index (χ3n) is 3.01. The van der Waals surface area contributed by atoms with E-state index in [1.54, 1.807) is 0 Å². The Morgan fingerprint density at radius 2 is 1.17 bits per heavy atom. The van der Waals surface area contributed by atoms with Gasteiger partial charge in [-0.1, -0.05) is 48.6 Å². The Bertz CT molecular complexity index is 802. The highest BCUT2D eigenvalue weighted by atomic mass is 16.4. The molecule has 2 N–H and O–H groups in total. The molecule has 0 aliphatic carbocycles. The number of hydrogen-bond acceptors (Lipinski definition) is 3. The molecule has 5 heteroatoms. The molecule has 0 spiro atoms. The summed E-state index contributed by atoms with van der Waals surface area (Å²) >= 11 is 0. The number of aliphatic carboxylic acids is 2. The van der Waals surface area contributed by atoms with Gasteiger partial charge in [-0.25, -0.2) is 14.6 Å². The molecule has 0 saturated heterocycles. The SMILES string of the molecule is O=C(O)C=CC=CC(=O)O.c1ccc2nc3ccccc3cc2c1. The molecule has 0 atom stereocenters. The van der Waals surface area contributed by atoms with E-state index in [9.17, 15) is 9.59 Å². The molecule has 5 nitrogen and oxygen atoms in total. The van der Waals surface area contributed by atoms with Crippen LogP contribution in [0.25, 0.3) is 21.8 Å². The van der Waals surface area contributed by atoms with Gasteiger partial charge in [-0.3, -0.25) is 0 Å². The maximum absolute atomic E-state index is 9.78. The van der Waals surface area contributed by atoms with Crippen molar-refractivity contribution in [3.63, 3.8) is 0 Å². The highest BCUT2D eigenvalue weighted by Crippen LogP contribution is 2.18. The minimum Gasteiger partial charge on any atom is -0.478 e. The van der Waals surface area contributed by atoms with Crippen LogP contribution in [0.4, 0.5) is 0 Å². The zero-order valence-electron chi connectivity index (χ0n) is 12.7. The van der Waals surface area contributed by atoms with Crippen molar-refractivity contribution in [3.8, 4) is 0 Å². The first-order valence-corrected chi connectivity index (χ1v) is 7.11. The first-order valence-electron chi connectivity index (χ1n) is 7.11. The number of nitrogens with zero attached hydrogens (tertiary/aromatic N) is 1. The van der Waals surface area contributed by atoms with Gasteiger partial charge in [0.1, 0.15) is 0 Å². The van der Waals surface area contributed by atoms with Crippen molar-refractivity contribution in [1.29, 1.82) is 0 Å². The van der Waals surface area contributed by atoms with Gasteiger partial charge in [-0.05, 0) is 18.2 Å². The van der Waals surface area contributed by atoms with Crippen LogP contribution in [0.5, 0.6) is 0 Å². The first kappa shape index (κ1) is 16.9. The van der Waals surface area contributed by atoms with E-state index in [2.05, 4.69) is 23.2 Å². The van der Waals surface area contributed by atoms with Crippen LogP contribution >= 0.6 is 0 Å². The summed E-state index contributed by atoms with van der Waals surface area (Å²) < 4.78 is 0. The molecule has 0 bridgehead atoms. The van der Waals surface area contributed by atoms with E-state index in [0.29, 0.717) is 0 Å². The second-order valence-corrected chi connectivity index (χ2v) is 4.77. The molecular formula is C19H15NO4. The number of para-hydroxylation sites is 2. The third-order valence-corrected chi connectivity index (χ3v) is 3.01. The molecule has 0 fully saturated rings. The van der Waals surface area contributed by atoms with Crippen LogP contribution in [0.2, 0.25) is 0 Å². The lowest BCUT2D eigenvalue weighted by atomic mass is 10.1. The Kier molecular flexibility index (Phi) is 5.80. The number of carbonyl (C=O) groups is 2. The van der Waals surface area contributed by atoms with E-state index in [-0.39, 0.29) is 0 Å². The zero-order valence-corrected chi connectivity index (χ0v) is 12.7. The zero-order chi connectivity index (χ0) is 17.4. The quantitative estimate of drug-likeness (QED) is 0.437. The Morgan fingerprint density at radius 3 is 1.58 bits per heavy atom. The summed E-state index contributed by atoms with van der Waals surface area (Å²) in [6.45, 7) is 0. The van der Waals surface area contributed by atoms with Crippen molar-refractivity contribution < 1.29 is 19.8 Å². The minimum atomic E-state index is -1.10. The number of carboxylic acids is 2. The van der Waals surface area contributed by atoms with Crippen LogP contribution in [0.1, 0.15) is 0 Å². The minimum absolute atomic E-state index is 0.847. The monoisotopic (exact) mass is 321 g/mol. The Morgan fingerprint density at radius 1 is 0.750 bits per heavy atom. The molecule has 1 aromatic heterocycles. The van der Waals surface area contributed by atoms with Crippen LogP contribution in [-0.2, 0) is 9.59 Å². The van der Waals surface area contributed by atoms with Gasteiger partial charge in [-0.2, -0.15) is 0 Å². The number of rotatable bonds is 3. The molecule has 1 heterocycles. The van der Waals surface area contributed by atoms with Crippen molar-refractivity contribution in [3.05, 3.63) is 78.9 Å². The lowest BCUT2D eigenvalue weighted by Crippen LogP contribution is -1.86. The van der Waals surface area contributed by atoms with Gasteiger partial charge in [0.25, 0.3) is 0 Å². The summed E-state index contributed by atoms with van der Waals surface area (Å²) in [5.74, 6) is -2.20. The maximum atomic E-state index is 9.78. The van der Waals surface area contributed by atoms with Gasteiger partial charge in [0, 0.05) is 22.9 Å². The fourth-order valence-corrected chi connectivity index (χ4v) is 2.00. The van der Waals surface area contributed by atoms with E-state index in [0.717, 1.165) is 35.3 Å². The molecule has 0 aliphatic heterocycles. The Hall–Kier alpha value is -3.47. The van der Waals surface area contributed by atoms with Crippen molar-refractivity contribution in [1.82, 2.24) is 4.98 Å². The summed E-state index contributed by atoms with van der Waals surface area (Å²) in [5.41, 5.74) is 2.12. The van der Waals surface area contributed by atoms with Gasteiger partial charge >= 0.3 is 11.9 Å². The van der Waals surface area contributed by atoms with Gasteiger partial charge < -0.3 is 10.2 Å². The van der Waals surface area contributed by atoms with E-state index in [1.165, 1.54) is 10.8 Å².